The smallest absolute Gasteiger partial charge is 0.306 e. The van der Waals surface area contributed by atoms with Crippen LogP contribution in [0.2, 0.25) is 0 Å². The van der Waals surface area contributed by atoms with Gasteiger partial charge >= 0.3 is 5.97 Å². The van der Waals surface area contributed by atoms with Crippen LogP contribution in [0.1, 0.15) is 65.7 Å². The van der Waals surface area contributed by atoms with E-state index in [2.05, 4.69) is 26.0 Å². The van der Waals surface area contributed by atoms with Crippen LogP contribution in [0.15, 0.2) is 12.2 Å². The zero-order valence-corrected chi connectivity index (χ0v) is 11.7. The van der Waals surface area contributed by atoms with E-state index in [0.717, 1.165) is 6.42 Å². The molecule has 0 radical (unpaired) electrons. The number of hydrogen-bond donors (Lipinski definition) is 0. The van der Waals surface area contributed by atoms with Gasteiger partial charge in [0.1, 0.15) is 0 Å². The van der Waals surface area contributed by atoms with Crippen molar-refractivity contribution in [3.05, 3.63) is 12.2 Å². The first-order chi connectivity index (χ1) is 8.20. The summed E-state index contributed by atoms with van der Waals surface area (Å²) < 4.78 is 4.91. The topological polar surface area (TPSA) is 26.3 Å². The predicted octanol–water partition coefficient (Wildman–Crippen LogP) is 4.49. The third-order valence-electron chi connectivity index (χ3n) is 2.73. The molecular formula is C15H28O2. The first kappa shape index (κ1) is 16.2. The van der Waals surface area contributed by atoms with E-state index >= 15 is 0 Å². The van der Waals surface area contributed by atoms with Crippen molar-refractivity contribution >= 4 is 5.97 Å². The van der Waals surface area contributed by atoms with Gasteiger partial charge in [-0.1, -0.05) is 51.7 Å². The van der Waals surface area contributed by atoms with Crippen LogP contribution in [-0.2, 0) is 9.53 Å². The monoisotopic (exact) mass is 240 g/mol. The van der Waals surface area contributed by atoms with Crippen molar-refractivity contribution in [2.24, 2.45) is 5.92 Å². The van der Waals surface area contributed by atoms with Gasteiger partial charge in [0.25, 0.3) is 0 Å². The molecule has 0 fully saturated rings. The summed E-state index contributed by atoms with van der Waals surface area (Å²) in [6.07, 6.45) is 12.6. The van der Waals surface area contributed by atoms with Crippen LogP contribution in [-0.4, -0.2) is 12.6 Å². The van der Waals surface area contributed by atoms with E-state index in [1.54, 1.807) is 0 Å². The van der Waals surface area contributed by atoms with Crippen LogP contribution in [0.5, 0.6) is 0 Å². The number of carbonyl (C=O) groups is 1. The van der Waals surface area contributed by atoms with Gasteiger partial charge in [-0.3, -0.25) is 4.79 Å². The number of allylic oxidation sites excluding steroid dienone is 2. The SMILES string of the molecule is CCCCCCC/C=C/C(C)CC(=O)OCC. The molecule has 2 nitrogen and oxygen atoms in total. The number of ether oxygens (including phenoxy) is 1. The Morgan fingerprint density at radius 1 is 1.18 bits per heavy atom. The second-order valence-electron chi connectivity index (χ2n) is 4.62. The Labute approximate surface area is 106 Å². The highest BCUT2D eigenvalue weighted by Crippen LogP contribution is 2.09. The molecule has 0 aromatic heterocycles. The van der Waals surface area contributed by atoms with Crippen LogP contribution >= 0.6 is 0 Å². The van der Waals surface area contributed by atoms with Crippen molar-refractivity contribution < 1.29 is 9.53 Å². The molecule has 0 spiro atoms. The largest absolute Gasteiger partial charge is 0.466 e. The summed E-state index contributed by atoms with van der Waals surface area (Å²) in [5, 5.41) is 0. The van der Waals surface area contributed by atoms with Crippen molar-refractivity contribution in [1.82, 2.24) is 0 Å². The van der Waals surface area contributed by atoms with Gasteiger partial charge in [0.15, 0.2) is 0 Å². The van der Waals surface area contributed by atoms with Gasteiger partial charge in [-0.05, 0) is 25.7 Å². The number of hydrogen-bond acceptors (Lipinski definition) is 2. The van der Waals surface area contributed by atoms with Gasteiger partial charge in [0.2, 0.25) is 0 Å². The third kappa shape index (κ3) is 11.5. The maximum Gasteiger partial charge on any atom is 0.306 e. The number of carbonyl (C=O) groups excluding carboxylic acids is 1. The molecule has 0 rings (SSSR count). The van der Waals surface area contributed by atoms with Crippen LogP contribution in [0.4, 0.5) is 0 Å². The fraction of sp³-hybridized carbons (Fsp3) is 0.800. The molecule has 0 bridgehead atoms. The molecule has 100 valence electrons. The summed E-state index contributed by atoms with van der Waals surface area (Å²) >= 11 is 0. The Hall–Kier alpha value is -0.790. The zero-order chi connectivity index (χ0) is 12.9. The molecular weight excluding hydrogens is 212 g/mol. The van der Waals surface area contributed by atoms with Crippen molar-refractivity contribution in [2.45, 2.75) is 65.7 Å². The molecule has 0 aromatic rings. The quantitative estimate of drug-likeness (QED) is 0.319. The van der Waals surface area contributed by atoms with Crippen LogP contribution in [0, 0.1) is 5.92 Å². The summed E-state index contributed by atoms with van der Waals surface area (Å²) in [6.45, 7) is 6.61. The molecule has 0 aromatic carbocycles. The molecule has 1 atom stereocenters. The van der Waals surface area contributed by atoms with Crippen molar-refractivity contribution in [3.8, 4) is 0 Å². The maximum absolute atomic E-state index is 11.2. The fourth-order valence-corrected chi connectivity index (χ4v) is 1.75. The molecule has 0 N–H and O–H groups in total. The summed E-state index contributed by atoms with van der Waals surface area (Å²) in [4.78, 5) is 11.2. The van der Waals surface area contributed by atoms with Gasteiger partial charge in [0.05, 0.1) is 13.0 Å². The lowest BCUT2D eigenvalue weighted by atomic mass is 10.1. The van der Waals surface area contributed by atoms with Crippen LogP contribution in [0.25, 0.3) is 0 Å². The van der Waals surface area contributed by atoms with Crippen LogP contribution in [0.3, 0.4) is 0 Å². The van der Waals surface area contributed by atoms with Gasteiger partial charge < -0.3 is 4.74 Å². The lowest BCUT2D eigenvalue weighted by Crippen LogP contribution is -2.07. The normalized spacial score (nSPS) is 12.9. The third-order valence-corrected chi connectivity index (χ3v) is 2.73. The van der Waals surface area contributed by atoms with Crippen LogP contribution < -0.4 is 0 Å². The first-order valence-corrected chi connectivity index (χ1v) is 7.03. The van der Waals surface area contributed by atoms with Crippen molar-refractivity contribution in [2.75, 3.05) is 6.61 Å². The Morgan fingerprint density at radius 2 is 1.88 bits per heavy atom. The summed E-state index contributed by atoms with van der Waals surface area (Å²) in [6, 6.07) is 0. The highest BCUT2D eigenvalue weighted by atomic mass is 16.5. The van der Waals surface area contributed by atoms with E-state index in [1.165, 1.54) is 32.1 Å². The summed E-state index contributed by atoms with van der Waals surface area (Å²) in [5.41, 5.74) is 0. The standard InChI is InChI=1S/C15H28O2/c1-4-6-7-8-9-10-11-12-14(3)13-15(16)17-5-2/h11-12,14H,4-10,13H2,1-3H3/b12-11+. The molecule has 2 heteroatoms. The minimum absolute atomic E-state index is 0.0902. The molecule has 0 aliphatic rings. The number of esters is 1. The number of rotatable bonds is 10. The molecule has 0 aliphatic carbocycles. The molecule has 1 unspecified atom stereocenters. The summed E-state index contributed by atoms with van der Waals surface area (Å²) in [7, 11) is 0. The van der Waals surface area contributed by atoms with E-state index in [1.807, 2.05) is 6.92 Å². The van der Waals surface area contributed by atoms with Crippen molar-refractivity contribution in [3.63, 3.8) is 0 Å². The Bertz CT molecular complexity index is 209. The van der Waals surface area contributed by atoms with Gasteiger partial charge in [-0.15, -0.1) is 0 Å². The fourth-order valence-electron chi connectivity index (χ4n) is 1.75. The Kier molecular flexibility index (Phi) is 11.1. The first-order valence-electron chi connectivity index (χ1n) is 7.03. The molecule has 0 heterocycles. The van der Waals surface area contributed by atoms with E-state index in [0.29, 0.717) is 18.9 Å². The molecule has 0 saturated carbocycles. The van der Waals surface area contributed by atoms with Gasteiger partial charge in [0, 0.05) is 0 Å². The molecule has 17 heavy (non-hydrogen) atoms. The Morgan fingerprint density at radius 3 is 2.53 bits per heavy atom. The highest BCUT2D eigenvalue weighted by Gasteiger charge is 2.05. The predicted molar refractivity (Wildman–Crippen MR) is 72.9 cm³/mol. The van der Waals surface area contributed by atoms with Gasteiger partial charge in [-0.2, -0.15) is 0 Å². The average Bonchev–Trinajstić information content (AvgIpc) is 2.28. The average molecular weight is 240 g/mol. The number of unbranched alkanes of at least 4 members (excludes halogenated alkanes) is 5. The lowest BCUT2D eigenvalue weighted by Gasteiger charge is -2.05. The van der Waals surface area contributed by atoms with E-state index in [-0.39, 0.29) is 5.97 Å². The van der Waals surface area contributed by atoms with E-state index in [4.69, 9.17) is 4.74 Å². The van der Waals surface area contributed by atoms with Crippen molar-refractivity contribution in [1.29, 1.82) is 0 Å². The molecule has 0 amide bonds. The zero-order valence-electron chi connectivity index (χ0n) is 11.7. The minimum Gasteiger partial charge on any atom is -0.466 e. The maximum atomic E-state index is 11.2. The highest BCUT2D eigenvalue weighted by molar-refractivity contribution is 5.69. The van der Waals surface area contributed by atoms with Gasteiger partial charge in [-0.25, -0.2) is 0 Å². The minimum atomic E-state index is -0.0902. The second-order valence-corrected chi connectivity index (χ2v) is 4.62. The van der Waals surface area contributed by atoms with E-state index in [9.17, 15) is 4.79 Å². The van der Waals surface area contributed by atoms with E-state index < -0.39 is 0 Å². The lowest BCUT2D eigenvalue weighted by molar-refractivity contribution is -0.143. The second kappa shape index (κ2) is 11.7. The molecule has 0 saturated heterocycles. The summed E-state index contributed by atoms with van der Waals surface area (Å²) in [5.74, 6) is 0.206. The molecule has 0 aliphatic heterocycles. The Balaban J connectivity index is 3.46.